The fraction of sp³-hybridized carbons (Fsp3) is 0.125. The number of halogens is 4. The standard InChI is InChI=1S/C8H6ClF3N2S/c9-6-3-1-5(2-4-6)7(14-15-13)8(10,11)12/h1-4H,13H2/b14-7+. The van der Waals surface area contributed by atoms with Gasteiger partial charge in [-0.15, -0.1) is 0 Å². The summed E-state index contributed by atoms with van der Waals surface area (Å²) in [7, 11) is 0. The number of alkyl halides is 3. The van der Waals surface area contributed by atoms with Crippen LogP contribution in [0.25, 0.3) is 0 Å². The van der Waals surface area contributed by atoms with Gasteiger partial charge in [-0.2, -0.15) is 17.6 Å². The Morgan fingerprint density at radius 2 is 1.80 bits per heavy atom. The van der Waals surface area contributed by atoms with E-state index in [0.717, 1.165) is 0 Å². The number of hydrogen-bond acceptors (Lipinski definition) is 3. The predicted octanol–water partition coefficient (Wildman–Crippen LogP) is 3.21. The van der Waals surface area contributed by atoms with E-state index in [1.807, 2.05) is 0 Å². The zero-order chi connectivity index (χ0) is 11.5. The Balaban J connectivity index is 3.11. The number of hydrogen-bond donors (Lipinski definition) is 1. The van der Waals surface area contributed by atoms with Crippen molar-refractivity contribution in [1.29, 1.82) is 0 Å². The van der Waals surface area contributed by atoms with E-state index in [1.165, 1.54) is 24.3 Å². The Morgan fingerprint density at radius 1 is 1.27 bits per heavy atom. The van der Waals surface area contributed by atoms with Crippen molar-refractivity contribution in [3.8, 4) is 0 Å². The van der Waals surface area contributed by atoms with E-state index in [-0.39, 0.29) is 17.7 Å². The van der Waals surface area contributed by atoms with Crippen molar-refractivity contribution in [1.82, 2.24) is 0 Å². The monoisotopic (exact) mass is 254 g/mol. The molecule has 0 fully saturated rings. The summed E-state index contributed by atoms with van der Waals surface area (Å²) in [6, 6.07) is 5.20. The molecular formula is C8H6ClF3N2S. The van der Waals surface area contributed by atoms with Crippen molar-refractivity contribution >= 4 is 29.4 Å². The molecule has 0 aliphatic heterocycles. The first-order valence-electron chi connectivity index (χ1n) is 3.72. The zero-order valence-corrected chi connectivity index (χ0v) is 8.83. The molecule has 0 unspecified atom stereocenters. The maximum Gasteiger partial charge on any atom is 0.434 e. The van der Waals surface area contributed by atoms with Gasteiger partial charge >= 0.3 is 6.18 Å². The fourth-order valence-corrected chi connectivity index (χ4v) is 1.37. The van der Waals surface area contributed by atoms with Gasteiger partial charge in [-0.25, -0.2) is 0 Å². The highest BCUT2D eigenvalue weighted by Gasteiger charge is 2.36. The van der Waals surface area contributed by atoms with Gasteiger partial charge in [0.25, 0.3) is 0 Å². The molecule has 82 valence electrons. The molecule has 0 bridgehead atoms. The van der Waals surface area contributed by atoms with E-state index in [2.05, 4.69) is 4.40 Å². The molecule has 0 aliphatic rings. The highest BCUT2D eigenvalue weighted by molar-refractivity contribution is 7.95. The van der Waals surface area contributed by atoms with E-state index < -0.39 is 11.9 Å². The first-order valence-corrected chi connectivity index (χ1v) is 4.93. The lowest BCUT2D eigenvalue weighted by Gasteiger charge is -2.09. The van der Waals surface area contributed by atoms with E-state index in [0.29, 0.717) is 5.02 Å². The SMILES string of the molecule is NS/N=C(\c1ccc(Cl)cc1)C(F)(F)F. The van der Waals surface area contributed by atoms with Crippen LogP contribution in [0.1, 0.15) is 5.56 Å². The summed E-state index contributed by atoms with van der Waals surface area (Å²) in [6.45, 7) is 0. The van der Waals surface area contributed by atoms with Gasteiger partial charge in [0.2, 0.25) is 0 Å². The van der Waals surface area contributed by atoms with Crippen LogP contribution in [0, 0.1) is 0 Å². The van der Waals surface area contributed by atoms with Crippen LogP contribution in [0.4, 0.5) is 13.2 Å². The lowest BCUT2D eigenvalue weighted by molar-refractivity contribution is -0.0578. The molecule has 7 heteroatoms. The molecule has 2 nitrogen and oxygen atoms in total. The molecule has 1 rings (SSSR count). The third-order valence-electron chi connectivity index (χ3n) is 1.53. The quantitative estimate of drug-likeness (QED) is 0.650. The van der Waals surface area contributed by atoms with Gasteiger partial charge in [-0.3, -0.25) is 5.14 Å². The number of nitrogens with zero attached hydrogens (tertiary/aromatic N) is 1. The molecular weight excluding hydrogens is 249 g/mol. The average molecular weight is 255 g/mol. The second-order valence-corrected chi connectivity index (χ2v) is 3.38. The minimum Gasteiger partial charge on any atom is -0.258 e. The minimum atomic E-state index is -4.53. The van der Waals surface area contributed by atoms with Crippen molar-refractivity contribution in [3.63, 3.8) is 0 Å². The van der Waals surface area contributed by atoms with Gasteiger partial charge in [0.1, 0.15) is 0 Å². The molecule has 0 aliphatic carbocycles. The van der Waals surface area contributed by atoms with Crippen LogP contribution in [0.15, 0.2) is 28.7 Å². The van der Waals surface area contributed by atoms with Crippen LogP contribution < -0.4 is 5.14 Å². The van der Waals surface area contributed by atoms with Crippen LogP contribution >= 0.6 is 23.7 Å². The number of nitrogens with two attached hydrogens (primary N) is 1. The molecule has 0 amide bonds. The van der Waals surface area contributed by atoms with Crippen molar-refractivity contribution in [2.45, 2.75) is 6.18 Å². The first kappa shape index (κ1) is 12.4. The zero-order valence-electron chi connectivity index (χ0n) is 7.25. The Hall–Kier alpha value is -0.720. The minimum absolute atomic E-state index is 0.0650. The summed E-state index contributed by atoms with van der Waals surface area (Å²) in [5.74, 6) is 0. The highest BCUT2D eigenvalue weighted by atomic mass is 35.5. The molecule has 0 spiro atoms. The molecule has 1 aromatic rings. The topological polar surface area (TPSA) is 38.4 Å². The molecule has 0 atom stereocenters. The predicted molar refractivity (Wildman–Crippen MR) is 55.8 cm³/mol. The summed E-state index contributed by atoms with van der Waals surface area (Å²) in [6.07, 6.45) is -4.53. The normalized spacial score (nSPS) is 13.0. The van der Waals surface area contributed by atoms with Crippen LogP contribution in [0.5, 0.6) is 0 Å². The smallest absolute Gasteiger partial charge is 0.258 e. The highest BCUT2D eigenvalue weighted by Crippen LogP contribution is 2.24. The van der Waals surface area contributed by atoms with Gasteiger partial charge in [0.15, 0.2) is 5.71 Å². The van der Waals surface area contributed by atoms with E-state index >= 15 is 0 Å². The van der Waals surface area contributed by atoms with Gasteiger partial charge in [0.05, 0.1) is 12.1 Å². The molecule has 0 saturated heterocycles. The van der Waals surface area contributed by atoms with Crippen LogP contribution in [-0.2, 0) is 0 Å². The van der Waals surface area contributed by atoms with Crippen molar-refractivity contribution in [3.05, 3.63) is 34.9 Å². The lowest BCUT2D eigenvalue weighted by Crippen LogP contribution is -2.23. The van der Waals surface area contributed by atoms with Crippen LogP contribution in [0.3, 0.4) is 0 Å². The number of benzene rings is 1. The first-order chi connectivity index (χ1) is 6.95. The summed E-state index contributed by atoms with van der Waals surface area (Å²) in [5, 5.41) is 5.26. The average Bonchev–Trinajstić information content (AvgIpc) is 2.14. The fourth-order valence-electron chi connectivity index (χ4n) is 0.929. The van der Waals surface area contributed by atoms with Gasteiger partial charge in [-0.05, 0) is 12.1 Å². The van der Waals surface area contributed by atoms with Gasteiger partial charge < -0.3 is 0 Å². The van der Waals surface area contributed by atoms with E-state index in [1.54, 1.807) is 0 Å². The Labute approximate surface area is 93.6 Å². The molecule has 1 aromatic carbocycles. The molecule has 0 saturated carbocycles. The summed E-state index contributed by atoms with van der Waals surface area (Å²) in [4.78, 5) is 0. The maximum absolute atomic E-state index is 12.5. The lowest BCUT2D eigenvalue weighted by atomic mass is 10.1. The summed E-state index contributed by atoms with van der Waals surface area (Å²) >= 11 is 5.83. The van der Waals surface area contributed by atoms with Gasteiger partial charge in [-0.1, -0.05) is 23.7 Å². The van der Waals surface area contributed by atoms with Crippen molar-refractivity contribution in [2.75, 3.05) is 0 Å². The van der Waals surface area contributed by atoms with Crippen molar-refractivity contribution < 1.29 is 13.2 Å². The maximum atomic E-state index is 12.5. The third-order valence-corrected chi connectivity index (χ3v) is 2.07. The Kier molecular flexibility index (Phi) is 4.01. The van der Waals surface area contributed by atoms with Crippen LogP contribution in [0.2, 0.25) is 5.02 Å². The van der Waals surface area contributed by atoms with E-state index in [9.17, 15) is 13.2 Å². The summed E-state index contributed by atoms with van der Waals surface area (Å²) in [5.41, 5.74) is -1.09. The number of rotatable bonds is 2. The van der Waals surface area contributed by atoms with Crippen molar-refractivity contribution in [2.24, 2.45) is 9.54 Å². The second-order valence-electron chi connectivity index (χ2n) is 2.55. The molecule has 0 radical (unpaired) electrons. The molecule has 15 heavy (non-hydrogen) atoms. The Bertz CT molecular complexity index is 361. The van der Waals surface area contributed by atoms with Gasteiger partial charge in [0, 0.05) is 10.6 Å². The molecule has 2 N–H and O–H groups in total. The second kappa shape index (κ2) is 4.87. The van der Waals surface area contributed by atoms with Crippen LogP contribution in [-0.4, -0.2) is 11.9 Å². The largest absolute Gasteiger partial charge is 0.434 e. The molecule has 0 heterocycles. The molecule has 0 aromatic heterocycles. The third kappa shape index (κ3) is 3.40. The Morgan fingerprint density at radius 3 is 2.20 bits per heavy atom. The summed E-state index contributed by atoms with van der Waals surface area (Å²) < 4.78 is 40.5. The van der Waals surface area contributed by atoms with E-state index in [4.69, 9.17) is 16.7 Å².